The van der Waals surface area contributed by atoms with Gasteiger partial charge in [0.25, 0.3) is 0 Å². The van der Waals surface area contributed by atoms with E-state index < -0.39 is 18.2 Å². The molecule has 1 aliphatic heterocycles. The lowest BCUT2D eigenvalue weighted by Gasteiger charge is -2.24. The molecule has 2 aromatic carbocycles. The summed E-state index contributed by atoms with van der Waals surface area (Å²) in [4.78, 5) is 43.8. The predicted octanol–water partition coefficient (Wildman–Crippen LogP) is 4.12. The first-order chi connectivity index (χ1) is 16.9. The van der Waals surface area contributed by atoms with Crippen molar-refractivity contribution >= 4 is 23.6 Å². The van der Waals surface area contributed by atoms with Gasteiger partial charge in [-0.15, -0.1) is 0 Å². The van der Waals surface area contributed by atoms with Gasteiger partial charge in [0.15, 0.2) is 12.1 Å². The van der Waals surface area contributed by atoms with Gasteiger partial charge in [0.1, 0.15) is 0 Å². The number of anilines is 1. The van der Waals surface area contributed by atoms with Crippen molar-refractivity contribution in [1.82, 2.24) is 15.2 Å². The van der Waals surface area contributed by atoms with Crippen LogP contribution in [-0.2, 0) is 27.4 Å². The lowest BCUT2D eigenvalue weighted by molar-refractivity contribution is -0.126. The van der Waals surface area contributed by atoms with Crippen LogP contribution >= 0.6 is 0 Å². The normalized spacial score (nSPS) is 17.1. The molecule has 1 saturated heterocycles. The van der Waals surface area contributed by atoms with E-state index in [2.05, 4.69) is 15.6 Å². The van der Waals surface area contributed by atoms with Gasteiger partial charge in [-0.3, -0.25) is 19.5 Å². The summed E-state index contributed by atoms with van der Waals surface area (Å²) in [5, 5.41) is 5.73. The number of pyridine rings is 1. The van der Waals surface area contributed by atoms with Gasteiger partial charge in [-0.1, -0.05) is 55.0 Å². The number of aromatic nitrogens is 1. The van der Waals surface area contributed by atoms with E-state index in [1.807, 2.05) is 37.3 Å². The molecule has 1 fully saturated rings. The van der Waals surface area contributed by atoms with Crippen LogP contribution in [0.5, 0.6) is 0 Å². The molecule has 0 aliphatic carbocycles. The third kappa shape index (κ3) is 5.84. The highest BCUT2D eigenvalue weighted by atomic mass is 16.6. The third-order valence-corrected chi connectivity index (χ3v) is 5.84. The fraction of sp³-hybridized carbons (Fsp3) is 0.259. The number of cyclic esters (lactones) is 1. The number of nitrogens with one attached hydrogen (secondary N) is 2. The number of benzene rings is 2. The number of amides is 3. The van der Waals surface area contributed by atoms with Crippen LogP contribution in [0.15, 0.2) is 73.1 Å². The number of aryl methyl sites for hydroxylation is 1. The molecule has 3 aromatic rings. The fourth-order valence-electron chi connectivity index (χ4n) is 3.94. The number of hydrogen-bond donors (Lipinski definition) is 2. The average Bonchev–Trinajstić information content (AvgIpc) is 3.20. The number of carbonyl (C=O) groups excluding carboxylic acids is 3. The summed E-state index contributed by atoms with van der Waals surface area (Å²) in [6, 6.07) is 17.6. The largest absolute Gasteiger partial charge is 0.438 e. The first kappa shape index (κ1) is 23.9. The Morgan fingerprint density at radius 3 is 2.57 bits per heavy atom. The molecule has 2 N–H and O–H groups in total. The monoisotopic (exact) mass is 472 g/mol. The molecule has 0 spiro atoms. The van der Waals surface area contributed by atoms with Crippen LogP contribution in [-0.4, -0.2) is 33.8 Å². The molecule has 1 aromatic heterocycles. The molecule has 8 nitrogen and oxygen atoms in total. The van der Waals surface area contributed by atoms with Crippen molar-refractivity contribution in [2.75, 3.05) is 5.32 Å². The SMILES string of the molecule is CCC(=O)Nc1cccc(C2OC(=O)N(Cc3ccc(C)cc3)C2C(=O)NCc2cccnc2)c1. The minimum atomic E-state index is -0.891. The number of hydrogen-bond acceptors (Lipinski definition) is 5. The van der Waals surface area contributed by atoms with Gasteiger partial charge in [0.05, 0.1) is 6.54 Å². The molecular formula is C27H28N4O4. The Labute approximate surface area is 204 Å². The summed E-state index contributed by atoms with van der Waals surface area (Å²) in [6.07, 6.45) is 2.28. The van der Waals surface area contributed by atoms with Crippen LogP contribution in [0.25, 0.3) is 0 Å². The Morgan fingerprint density at radius 1 is 1.06 bits per heavy atom. The van der Waals surface area contributed by atoms with Gasteiger partial charge in [-0.05, 0) is 41.8 Å². The quantitative estimate of drug-likeness (QED) is 0.514. The summed E-state index contributed by atoms with van der Waals surface area (Å²) in [7, 11) is 0. The van der Waals surface area contributed by atoms with Crippen molar-refractivity contribution in [3.05, 3.63) is 95.3 Å². The van der Waals surface area contributed by atoms with E-state index in [9.17, 15) is 14.4 Å². The van der Waals surface area contributed by atoms with Crippen molar-refractivity contribution in [3.8, 4) is 0 Å². The Morgan fingerprint density at radius 2 is 1.86 bits per heavy atom. The van der Waals surface area contributed by atoms with Gasteiger partial charge in [-0.25, -0.2) is 4.79 Å². The molecule has 8 heteroatoms. The van der Waals surface area contributed by atoms with Crippen molar-refractivity contribution in [2.24, 2.45) is 0 Å². The van der Waals surface area contributed by atoms with Crippen LogP contribution in [0.4, 0.5) is 10.5 Å². The zero-order chi connectivity index (χ0) is 24.8. The summed E-state index contributed by atoms with van der Waals surface area (Å²) in [5.41, 5.74) is 4.05. The summed E-state index contributed by atoms with van der Waals surface area (Å²) < 4.78 is 5.73. The number of ether oxygens (including phenoxy) is 1. The first-order valence-corrected chi connectivity index (χ1v) is 11.5. The van der Waals surface area contributed by atoms with Crippen molar-refractivity contribution in [1.29, 1.82) is 0 Å². The molecule has 0 saturated carbocycles. The standard InChI is InChI=1S/C27H28N4O4/c1-3-23(32)30-22-8-4-7-21(14-22)25-24(26(33)29-16-20-6-5-13-28-15-20)31(27(34)35-25)17-19-11-9-18(2)10-12-19/h4-15,24-25H,3,16-17H2,1-2H3,(H,29,33)(H,30,32). The molecule has 0 bridgehead atoms. The molecule has 4 rings (SSSR count). The second-order valence-electron chi connectivity index (χ2n) is 8.47. The van der Waals surface area contributed by atoms with Gasteiger partial charge in [-0.2, -0.15) is 0 Å². The lowest BCUT2D eigenvalue weighted by Crippen LogP contribution is -2.46. The lowest BCUT2D eigenvalue weighted by atomic mass is 10.00. The second-order valence-corrected chi connectivity index (χ2v) is 8.47. The highest BCUT2D eigenvalue weighted by molar-refractivity contribution is 5.91. The van der Waals surface area contributed by atoms with Crippen molar-refractivity contribution in [3.63, 3.8) is 0 Å². The Hall–Kier alpha value is -4.20. The number of nitrogens with zero attached hydrogens (tertiary/aromatic N) is 2. The van der Waals surface area contributed by atoms with E-state index >= 15 is 0 Å². The molecule has 2 heterocycles. The van der Waals surface area contributed by atoms with E-state index in [0.717, 1.165) is 16.7 Å². The fourth-order valence-corrected chi connectivity index (χ4v) is 3.94. The van der Waals surface area contributed by atoms with Gasteiger partial charge in [0.2, 0.25) is 11.8 Å². The second kappa shape index (κ2) is 10.8. The minimum absolute atomic E-state index is 0.127. The average molecular weight is 473 g/mol. The van der Waals surface area contributed by atoms with E-state index in [0.29, 0.717) is 17.7 Å². The van der Waals surface area contributed by atoms with E-state index in [4.69, 9.17) is 4.74 Å². The van der Waals surface area contributed by atoms with Gasteiger partial charge >= 0.3 is 6.09 Å². The summed E-state index contributed by atoms with van der Waals surface area (Å²) in [5.74, 6) is -0.461. The predicted molar refractivity (Wildman–Crippen MR) is 131 cm³/mol. The third-order valence-electron chi connectivity index (χ3n) is 5.84. The summed E-state index contributed by atoms with van der Waals surface area (Å²) in [6.45, 7) is 4.26. The van der Waals surface area contributed by atoms with E-state index in [-0.39, 0.29) is 24.9 Å². The Bertz CT molecular complexity index is 1200. The van der Waals surface area contributed by atoms with Crippen LogP contribution in [0.1, 0.15) is 41.7 Å². The topological polar surface area (TPSA) is 101 Å². The highest BCUT2D eigenvalue weighted by Crippen LogP contribution is 2.35. The molecule has 1 aliphatic rings. The van der Waals surface area contributed by atoms with Crippen LogP contribution in [0.2, 0.25) is 0 Å². The number of carbonyl (C=O) groups is 3. The van der Waals surface area contributed by atoms with Crippen LogP contribution in [0.3, 0.4) is 0 Å². The maximum atomic E-state index is 13.4. The zero-order valence-corrected chi connectivity index (χ0v) is 19.7. The molecule has 180 valence electrons. The van der Waals surface area contributed by atoms with E-state index in [1.54, 1.807) is 49.6 Å². The molecule has 2 unspecified atom stereocenters. The highest BCUT2D eigenvalue weighted by Gasteiger charge is 2.47. The van der Waals surface area contributed by atoms with Crippen molar-refractivity contribution in [2.45, 2.75) is 45.5 Å². The van der Waals surface area contributed by atoms with Crippen LogP contribution in [0, 0.1) is 6.92 Å². The van der Waals surface area contributed by atoms with Crippen LogP contribution < -0.4 is 10.6 Å². The molecule has 35 heavy (non-hydrogen) atoms. The Balaban J connectivity index is 1.61. The Kier molecular flexibility index (Phi) is 7.40. The minimum Gasteiger partial charge on any atom is -0.438 e. The van der Waals surface area contributed by atoms with Gasteiger partial charge < -0.3 is 15.4 Å². The first-order valence-electron chi connectivity index (χ1n) is 11.5. The van der Waals surface area contributed by atoms with Crippen molar-refractivity contribution < 1.29 is 19.1 Å². The smallest absolute Gasteiger partial charge is 0.411 e. The molecular weight excluding hydrogens is 444 g/mol. The molecule has 0 radical (unpaired) electrons. The molecule has 3 amide bonds. The zero-order valence-electron chi connectivity index (χ0n) is 19.7. The van der Waals surface area contributed by atoms with E-state index in [1.165, 1.54) is 4.90 Å². The molecule has 2 atom stereocenters. The maximum Gasteiger partial charge on any atom is 0.411 e. The van der Waals surface area contributed by atoms with Gasteiger partial charge in [0, 0.05) is 31.0 Å². The summed E-state index contributed by atoms with van der Waals surface area (Å²) >= 11 is 0. The maximum absolute atomic E-state index is 13.4. The number of rotatable bonds is 8.